The predicted octanol–water partition coefficient (Wildman–Crippen LogP) is 2.97. The van der Waals surface area contributed by atoms with Crippen molar-refractivity contribution in [3.05, 3.63) is 33.5 Å². The summed E-state index contributed by atoms with van der Waals surface area (Å²) in [6.07, 6.45) is 0. The van der Waals surface area contributed by atoms with Crippen LogP contribution in [0.2, 0.25) is 0 Å². The van der Waals surface area contributed by atoms with Crippen molar-refractivity contribution in [1.82, 2.24) is 4.98 Å². The summed E-state index contributed by atoms with van der Waals surface area (Å²) in [4.78, 5) is 13.6. The Bertz CT molecular complexity index is 342. The van der Waals surface area contributed by atoms with E-state index in [9.17, 15) is 9.18 Å². The van der Waals surface area contributed by atoms with Gasteiger partial charge in [-0.05, 0) is 18.9 Å². The topological polar surface area (TPSA) is 32.9 Å². The maximum Gasteiger partial charge on any atom is 0.251 e. The zero-order valence-electron chi connectivity index (χ0n) is 9.44. The number of halogens is 1. The van der Waals surface area contributed by atoms with E-state index >= 15 is 0 Å². The molecule has 0 aromatic carbocycles. The molecule has 0 saturated heterocycles. The van der Waals surface area contributed by atoms with Crippen molar-refractivity contribution < 1.29 is 4.39 Å². The van der Waals surface area contributed by atoms with Crippen LogP contribution >= 0.6 is 0 Å². The van der Waals surface area contributed by atoms with Gasteiger partial charge in [0.25, 0.3) is 5.56 Å². The fourth-order valence-corrected chi connectivity index (χ4v) is 1.03. The molecule has 0 aliphatic carbocycles. The molecule has 0 aliphatic heterocycles. The van der Waals surface area contributed by atoms with Crippen LogP contribution in [0.1, 0.15) is 44.9 Å². The maximum absolute atomic E-state index is 13.1. The molecular formula is C11H18FNO. The molecule has 0 bridgehead atoms. The lowest BCUT2D eigenvalue weighted by Gasteiger charge is -2.06. The molecule has 80 valence electrons. The maximum atomic E-state index is 13.1. The average Bonchev–Trinajstić information content (AvgIpc) is 2.14. The van der Waals surface area contributed by atoms with Crippen LogP contribution in [0, 0.1) is 12.7 Å². The van der Waals surface area contributed by atoms with E-state index in [1.54, 1.807) is 6.92 Å². The summed E-state index contributed by atoms with van der Waals surface area (Å²) in [7, 11) is 0. The second-order valence-corrected chi connectivity index (χ2v) is 3.20. The van der Waals surface area contributed by atoms with Gasteiger partial charge in [0.1, 0.15) is 5.82 Å². The molecule has 0 atom stereocenters. The minimum absolute atomic E-state index is 0.0123. The van der Waals surface area contributed by atoms with Crippen LogP contribution in [0.5, 0.6) is 0 Å². The number of H-pyrrole nitrogens is 1. The first-order valence-corrected chi connectivity index (χ1v) is 4.91. The Morgan fingerprint density at radius 3 is 2.29 bits per heavy atom. The fraction of sp³-hybridized carbons (Fsp3) is 0.545. The smallest absolute Gasteiger partial charge is 0.251 e. The normalized spacial score (nSPS) is 9.64. The Hall–Kier alpha value is -1.12. The van der Waals surface area contributed by atoms with E-state index in [-0.39, 0.29) is 17.3 Å². The van der Waals surface area contributed by atoms with Crippen LogP contribution in [0.4, 0.5) is 4.39 Å². The summed E-state index contributed by atoms with van der Waals surface area (Å²) in [5, 5.41) is 0. The van der Waals surface area contributed by atoms with Crippen LogP contribution in [0.3, 0.4) is 0 Å². The lowest BCUT2D eigenvalue weighted by molar-refractivity contribution is 0.580. The Kier molecular flexibility index (Phi) is 5.13. The van der Waals surface area contributed by atoms with E-state index in [4.69, 9.17) is 0 Å². The van der Waals surface area contributed by atoms with Gasteiger partial charge in [-0.2, -0.15) is 0 Å². The number of hydrogen-bond acceptors (Lipinski definition) is 1. The quantitative estimate of drug-likeness (QED) is 0.741. The predicted molar refractivity (Wildman–Crippen MR) is 57.2 cm³/mol. The molecule has 0 aliphatic rings. The van der Waals surface area contributed by atoms with Gasteiger partial charge in [-0.15, -0.1) is 0 Å². The van der Waals surface area contributed by atoms with Crippen molar-refractivity contribution >= 4 is 0 Å². The van der Waals surface area contributed by atoms with Gasteiger partial charge in [-0.25, -0.2) is 4.39 Å². The van der Waals surface area contributed by atoms with Crippen molar-refractivity contribution in [1.29, 1.82) is 0 Å². The summed E-state index contributed by atoms with van der Waals surface area (Å²) in [6, 6.07) is 1.27. The largest absolute Gasteiger partial charge is 0.323 e. The first-order chi connectivity index (χ1) is 6.52. The minimum Gasteiger partial charge on any atom is -0.323 e. The zero-order valence-corrected chi connectivity index (χ0v) is 9.44. The van der Waals surface area contributed by atoms with Gasteiger partial charge in [-0.3, -0.25) is 4.79 Å². The third-order valence-electron chi connectivity index (χ3n) is 1.78. The molecular weight excluding hydrogens is 181 g/mol. The molecule has 3 heteroatoms. The molecule has 0 unspecified atom stereocenters. The number of pyridine rings is 1. The number of aromatic nitrogens is 1. The third-order valence-corrected chi connectivity index (χ3v) is 1.78. The van der Waals surface area contributed by atoms with Gasteiger partial charge >= 0.3 is 0 Å². The van der Waals surface area contributed by atoms with E-state index in [1.165, 1.54) is 6.07 Å². The molecule has 0 saturated carbocycles. The monoisotopic (exact) mass is 199 g/mol. The van der Waals surface area contributed by atoms with Gasteiger partial charge in [0, 0.05) is 5.56 Å². The van der Waals surface area contributed by atoms with E-state index in [0.717, 1.165) is 0 Å². The molecule has 1 N–H and O–H groups in total. The van der Waals surface area contributed by atoms with Gasteiger partial charge in [0.05, 0.1) is 5.69 Å². The minimum atomic E-state index is -0.331. The summed E-state index contributed by atoms with van der Waals surface area (Å²) in [5.41, 5.74) is 0.586. The summed E-state index contributed by atoms with van der Waals surface area (Å²) in [5.74, 6) is -0.319. The lowest BCUT2D eigenvalue weighted by atomic mass is 10.1. The first-order valence-electron chi connectivity index (χ1n) is 4.91. The van der Waals surface area contributed by atoms with Crippen LogP contribution < -0.4 is 5.56 Å². The molecule has 1 aromatic rings. The lowest BCUT2D eigenvalue weighted by Crippen LogP contribution is -2.14. The van der Waals surface area contributed by atoms with Crippen molar-refractivity contribution in [3.8, 4) is 0 Å². The van der Waals surface area contributed by atoms with E-state index in [0.29, 0.717) is 11.3 Å². The Morgan fingerprint density at radius 2 is 1.86 bits per heavy atom. The Labute approximate surface area is 84.2 Å². The number of aromatic amines is 1. The number of rotatable bonds is 1. The van der Waals surface area contributed by atoms with Gasteiger partial charge in [-0.1, -0.05) is 27.7 Å². The number of nitrogens with one attached hydrogen (secondary N) is 1. The molecule has 0 fully saturated rings. The van der Waals surface area contributed by atoms with Crippen LogP contribution in [0.25, 0.3) is 0 Å². The highest BCUT2D eigenvalue weighted by Crippen LogP contribution is 2.13. The van der Waals surface area contributed by atoms with Crippen molar-refractivity contribution in [2.24, 2.45) is 0 Å². The molecule has 14 heavy (non-hydrogen) atoms. The molecule has 1 rings (SSSR count). The Balaban J connectivity index is 0.000000791. The van der Waals surface area contributed by atoms with Crippen molar-refractivity contribution in [3.63, 3.8) is 0 Å². The fourth-order valence-electron chi connectivity index (χ4n) is 1.03. The average molecular weight is 199 g/mol. The Morgan fingerprint density at radius 1 is 1.36 bits per heavy atom. The summed E-state index contributed by atoms with van der Waals surface area (Å²) >= 11 is 0. The van der Waals surface area contributed by atoms with E-state index in [1.807, 2.05) is 27.7 Å². The standard InChI is InChI=1S/C9H12FNO.C2H6/c1-5(2)8-7(10)4-6(3)9(12)11-8;1-2/h4-5H,1-3H3,(H,11,12);1-2H3. The molecule has 1 aromatic heterocycles. The van der Waals surface area contributed by atoms with Crippen molar-refractivity contribution in [2.45, 2.75) is 40.5 Å². The second-order valence-electron chi connectivity index (χ2n) is 3.20. The van der Waals surface area contributed by atoms with Gasteiger partial charge in [0.15, 0.2) is 0 Å². The number of hydrogen-bond donors (Lipinski definition) is 1. The first kappa shape index (κ1) is 12.9. The van der Waals surface area contributed by atoms with Crippen LogP contribution in [0.15, 0.2) is 10.9 Å². The third kappa shape index (κ3) is 2.98. The molecule has 0 amide bonds. The summed E-state index contributed by atoms with van der Waals surface area (Å²) < 4.78 is 13.1. The molecule has 1 heterocycles. The molecule has 0 spiro atoms. The highest BCUT2D eigenvalue weighted by atomic mass is 19.1. The van der Waals surface area contributed by atoms with Crippen LogP contribution in [-0.4, -0.2) is 4.98 Å². The highest BCUT2D eigenvalue weighted by Gasteiger charge is 2.08. The highest BCUT2D eigenvalue weighted by molar-refractivity contribution is 5.17. The van der Waals surface area contributed by atoms with Crippen LogP contribution in [-0.2, 0) is 0 Å². The second kappa shape index (κ2) is 5.58. The number of aryl methyl sites for hydroxylation is 1. The van der Waals surface area contributed by atoms with Gasteiger partial charge in [0.2, 0.25) is 0 Å². The van der Waals surface area contributed by atoms with Crippen molar-refractivity contribution in [2.75, 3.05) is 0 Å². The molecule has 0 radical (unpaired) electrons. The van der Waals surface area contributed by atoms with Gasteiger partial charge < -0.3 is 4.98 Å². The SMILES string of the molecule is CC.Cc1cc(F)c(C(C)C)[nH]c1=O. The van der Waals surface area contributed by atoms with E-state index < -0.39 is 0 Å². The molecule has 2 nitrogen and oxygen atoms in total. The summed E-state index contributed by atoms with van der Waals surface area (Å²) in [6.45, 7) is 9.26. The zero-order chi connectivity index (χ0) is 11.3. The van der Waals surface area contributed by atoms with E-state index in [2.05, 4.69) is 4.98 Å².